The molecule has 1 amide bonds. The topological polar surface area (TPSA) is 40.5 Å². The molecule has 1 rings (SSSR count). The summed E-state index contributed by atoms with van der Waals surface area (Å²) in [6.07, 6.45) is 0. The van der Waals surface area contributed by atoms with E-state index in [0.29, 0.717) is 5.56 Å². The van der Waals surface area contributed by atoms with Crippen molar-refractivity contribution in [1.82, 2.24) is 4.90 Å². The van der Waals surface area contributed by atoms with E-state index < -0.39 is 0 Å². The summed E-state index contributed by atoms with van der Waals surface area (Å²) < 4.78 is 12.7. The second kappa shape index (κ2) is 5.61. The maximum absolute atomic E-state index is 12.7. The highest BCUT2D eigenvalue weighted by atomic mass is 19.1. The van der Waals surface area contributed by atoms with Gasteiger partial charge in [-0.2, -0.15) is 0 Å². The third-order valence-electron chi connectivity index (χ3n) is 2.32. The van der Waals surface area contributed by atoms with Crippen molar-refractivity contribution < 1.29 is 14.3 Å². The first kappa shape index (κ1) is 12.6. The van der Waals surface area contributed by atoms with Gasteiger partial charge >= 0.3 is 0 Å². The van der Waals surface area contributed by atoms with Crippen LogP contribution in [0.2, 0.25) is 0 Å². The van der Waals surface area contributed by atoms with Crippen molar-refractivity contribution in [3.8, 4) is 0 Å². The van der Waals surface area contributed by atoms with Gasteiger partial charge in [0.05, 0.1) is 6.61 Å². The Hall–Kier alpha value is -1.42. The molecule has 0 heterocycles. The van der Waals surface area contributed by atoms with Crippen LogP contribution in [0.3, 0.4) is 0 Å². The van der Waals surface area contributed by atoms with Crippen LogP contribution >= 0.6 is 0 Å². The van der Waals surface area contributed by atoms with Crippen LogP contribution in [-0.4, -0.2) is 35.1 Å². The van der Waals surface area contributed by atoms with Gasteiger partial charge in [0.1, 0.15) is 5.82 Å². The van der Waals surface area contributed by atoms with Gasteiger partial charge in [-0.15, -0.1) is 0 Å². The lowest BCUT2D eigenvalue weighted by Gasteiger charge is -2.25. The molecule has 88 valence electrons. The lowest BCUT2D eigenvalue weighted by molar-refractivity contribution is 0.0665. The van der Waals surface area contributed by atoms with Crippen LogP contribution in [0.25, 0.3) is 0 Å². The normalized spacial score (nSPS) is 10.6. The second-order valence-electron chi connectivity index (χ2n) is 3.82. The first-order chi connectivity index (χ1) is 7.56. The van der Waals surface area contributed by atoms with E-state index in [-0.39, 0.29) is 30.9 Å². The highest BCUT2D eigenvalue weighted by Crippen LogP contribution is 2.09. The summed E-state index contributed by atoms with van der Waals surface area (Å²) in [5.41, 5.74) is 0.434. The molecule has 0 unspecified atom stereocenters. The zero-order valence-corrected chi connectivity index (χ0v) is 9.48. The summed E-state index contributed by atoms with van der Waals surface area (Å²) in [5.74, 6) is -0.557. The van der Waals surface area contributed by atoms with Crippen LogP contribution in [0, 0.1) is 5.82 Å². The number of benzene rings is 1. The Morgan fingerprint density at radius 3 is 2.38 bits per heavy atom. The fraction of sp³-hybridized carbons (Fsp3) is 0.417. The zero-order valence-electron chi connectivity index (χ0n) is 9.48. The van der Waals surface area contributed by atoms with Crippen molar-refractivity contribution in [3.63, 3.8) is 0 Å². The van der Waals surface area contributed by atoms with E-state index in [0.717, 1.165) is 0 Å². The van der Waals surface area contributed by atoms with Crippen LogP contribution in [0.4, 0.5) is 4.39 Å². The van der Waals surface area contributed by atoms with Gasteiger partial charge < -0.3 is 10.0 Å². The number of halogens is 1. The average Bonchev–Trinajstić information content (AvgIpc) is 2.25. The van der Waals surface area contributed by atoms with Gasteiger partial charge in [0.25, 0.3) is 5.91 Å². The highest BCUT2D eigenvalue weighted by molar-refractivity contribution is 5.94. The smallest absolute Gasteiger partial charge is 0.254 e. The number of aliphatic hydroxyl groups excluding tert-OH is 1. The predicted molar refractivity (Wildman–Crippen MR) is 59.7 cm³/mol. The van der Waals surface area contributed by atoms with Gasteiger partial charge in [-0.05, 0) is 38.1 Å². The van der Waals surface area contributed by atoms with Crippen molar-refractivity contribution in [3.05, 3.63) is 35.6 Å². The molecule has 0 atom stereocenters. The van der Waals surface area contributed by atoms with Gasteiger partial charge in [-0.25, -0.2) is 4.39 Å². The molecule has 0 saturated carbocycles. The van der Waals surface area contributed by atoms with E-state index in [4.69, 9.17) is 5.11 Å². The fourth-order valence-electron chi connectivity index (χ4n) is 1.46. The summed E-state index contributed by atoms with van der Waals surface area (Å²) in [6, 6.07) is 5.41. The Kier molecular flexibility index (Phi) is 4.43. The third-order valence-corrected chi connectivity index (χ3v) is 2.32. The Morgan fingerprint density at radius 1 is 1.38 bits per heavy atom. The molecule has 0 aliphatic carbocycles. The second-order valence-corrected chi connectivity index (χ2v) is 3.82. The van der Waals surface area contributed by atoms with E-state index in [1.807, 2.05) is 13.8 Å². The van der Waals surface area contributed by atoms with Gasteiger partial charge in [0.15, 0.2) is 0 Å². The lowest BCUT2D eigenvalue weighted by atomic mass is 10.1. The Labute approximate surface area is 94.5 Å². The first-order valence-corrected chi connectivity index (χ1v) is 5.23. The molecule has 0 aromatic heterocycles. The monoisotopic (exact) mass is 225 g/mol. The molecular formula is C12H16FNO2. The van der Waals surface area contributed by atoms with Crippen LogP contribution in [0.1, 0.15) is 24.2 Å². The average molecular weight is 225 g/mol. The summed E-state index contributed by atoms with van der Waals surface area (Å²) in [4.78, 5) is 13.5. The molecule has 1 aromatic carbocycles. The molecular weight excluding hydrogens is 209 g/mol. The number of amides is 1. The molecule has 3 nitrogen and oxygen atoms in total. The van der Waals surface area contributed by atoms with E-state index >= 15 is 0 Å². The minimum absolute atomic E-state index is 0.00435. The van der Waals surface area contributed by atoms with Crippen molar-refractivity contribution in [2.45, 2.75) is 19.9 Å². The van der Waals surface area contributed by atoms with Crippen LogP contribution in [0.5, 0.6) is 0 Å². The molecule has 4 heteroatoms. The van der Waals surface area contributed by atoms with E-state index in [1.165, 1.54) is 24.3 Å². The first-order valence-electron chi connectivity index (χ1n) is 5.23. The number of rotatable bonds is 4. The predicted octanol–water partition coefficient (Wildman–Crippen LogP) is 1.67. The summed E-state index contributed by atoms with van der Waals surface area (Å²) in [5, 5.41) is 8.87. The fourth-order valence-corrected chi connectivity index (χ4v) is 1.46. The molecule has 0 radical (unpaired) electrons. The van der Waals surface area contributed by atoms with Gasteiger partial charge in [0.2, 0.25) is 0 Å². The lowest BCUT2D eigenvalue weighted by Crippen LogP contribution is -2.38. The molecule has 1 aromatic rings. The maximum Gasteiger partial charge on any atom is 0.254 e. The minimum atomic E-state index is -0.366. The summed E-state index contributed by atoms with van der Waals surface area (Å²) in [6.45, 7) is 3.95. The Bertz CT molecular complexity index is 349. The number of carbonyl (C=O) groups excluding carboxylic acids is 1. The van der Waals surface area contributed by atoms with Crippen molar-refractivity contribution in [1.29, 1.82) is 0 Å². The van der Waals surface area contributed by atoms with Gasteiger partial charge in [-0.3, -0.25) is 4.79 Å². The zero-order chi connectivity index (χ0) is 12.1. The van der Waals surface area contributed by atoms with Crippen molar-refractivity contribution in [2.75, 3.05) is 13.2 Å². The molecule has 16 heavy (non-hydrogen) atoms. The number of hydrogen-bond acceptors (Lipinski definition) is 2. The molecule has 0 aliphatic heterocycles. The van der Waals surface area contributed by atoms with Gasteiger partial charge in [-0.1, -0.05) is 0 Å². The molecule has 0 bridgehead atoms. The summed E-state index contributed by atoms with van der Waals surface area (Å²) in [7, 11) is 0. The van der Waals surface area contributed by atoms with E-state index in [2.05, 4.69) is 0 Å². The van der Waals surface area contributed by atoms with Crippen LogP contribution in [-0.2, 0) is 0 Å². The maximum atomic E-state index is 12.7. The van der Waals surface area contributed by atoms with Crippen LogP contribution in [0.15, 0.2) is 24.3 Å². The van der Waals surface area contributed by atoms with Gasteiger partial charge in [0, 0.05) is 18.2 Å². The largest absolute Gasteiger partial charge is 0.395 e. The number of hydrogen-bond donors (Lipinski definition) is 1. The Morgan fingerprint density at radius 2 is 1.94 bits per heavy atom. The molecule has 0 spiro atoms. The van der Waals surface area contributed by atoms with Crippen molar-refractivity contribution >= 4 is 5.91 Å². The Balaban J connectivity index is 2.86. The molecule has 0 aliphatic rings. The molecule has 0 saturated heterocycles. The number of carbonyl (C=O) groups is 1. The van der Waals surface area contributed by atoms with Crippen molar-refractivity contribution in [2.24, 2.45) is 0 Å². The number of aliphatic hydroxyl groups is 1. The molecule has 0 fully saturated rings. The van der Waals surface area contributed by atoms with E-state index in [9.17, 15) is 9.18 Å². The standard InChI is InChI=1S/C12H16FNO2/c1-9(2)14(7-8-15)12(16)10-3-5-11(13)6-4-10/h3-6,9,15H,7-8H2,1-2H3. The third kappa shape index (κ3) is 3.03. The molecule has 1 N–H and O–H groups in total. The highest BCUT2D eigenvalue weighted by Gasteiger charge is 2.17. The van der Waals surface area contributed by atoms with E-state index in [1.54, 1.807) is 4.90 Å². The SMILES string of the molecule is CC(C)N(CCO)C(=O)c1ccc(F)cc1. The minimum Gasteiger partial charge on any atom is -0.395 e. The quantitative estimate of drug-likeness (QED) is 0.846. The summed E-state index contributed by atoms with van der Waals surface area (Å²) >= 11 is 0. The number of nitrogens with zero attached hydrogens (tertiary/aromatic N) is 1. The van der Waals surface area contributed by atoms with Crippen LogP contribution < -0.4 is 0 Å².